The van der Waals surface area contributed by atoms with Crippen LogP contribution in [0.4, 0.5) is 5.69 Å². The first-order valence-corrected chi connectivity index (χ1v) is 7.95. The highest BCUT2D eigenvalue weighted by Gasteiger charge is 2.11. The van der Waals surface area contributed by atoms with Crippen LogP contribution in [0.15, 0.2) is 24.3 Å². The standard InChI is InChI=1S/C17H22N6O/c1-11-16(12(2)23(22-11)8-9-24)10-18-15-6-4-14(5-7-15)17-19-13(3)20-21-17/h4-7,18,24H,8-10H2,1-3H3,(H,19,20,21). The molecular formula is C17H22N6O. The summed E-state index contributed by atoms with van der Waals surface area (Å²) in [7, 11) is 0. The Morgan fingerprint density at radius 3 is 2.54 bits per heavy atom. The van der Waals surface area contributed by atoms with Crippen LogP contribution in [0.3, 0.4) is 0 Å². The number of hydrogen-bond acceptors (Lipinski definition) is 5. The number of aliphatic hydroxyl groups excluding tert-OH is 1. The van der Waals surface area contributed by atoms with Crippen LogP contribution in [0.2, 0.25) is 0 Å². The predicted molar refractivity (Wildman–Crippen MR) is 92.7 cm³/mol. The largest absolute Gasteiger partial charge is 0.394 e. The molecule has 0 aliphatic heterocycles. The van der Waals surface area contributed by atoms with Crippen molar-refractivity contribution in [3.8, 4) is 11.4 Å². The number of anilines is 1. The summed E-state index contributed by atoms with van der Waals surface area (Å²) in [5, 5.41) is 24.0. The van der Waals surface area contributed by atoms with E-state index in [1.807, 2.05) is 49.7 Å². The van der Waals surface area contributed by atoms with E-state index >= 15 is 0 Å². The molecule has 126 valence electrons. The molecule has 0 spiro atoms. The molecule has 7 nitrogen and oxygen atoms in total. The molecule has 0 atom stereocenters. The normalized spacial score (nSPS) is 11.0. The Morgan fingerprint density at radius 2 is 1.92 bits per heavy atom. The van der Waals surface area contributed by atoms with Crippen molar-refractivity contribution in [1.82, 2.24) is 25.0 Å². The number of aromatic nitrogens is 5. The maximum atomic E-state index is 9.08. The minimum absolute atomic E-state index is 0.0942. The van der Waals surface area contributed by atoms with Crippen molar-refractivity contribution in [1.29, 1.82) is 0 Å². The fraction of sp³-hybridized carbons (Fsp3) is 0.353. The number of H-pyrrole nitrogens is 1. The predicted octanol–water partition coefficient (Wildman–Crippen LogP) is 2.20. The van der Waals surface area contributed by atoms with Gasteiger partial charge in [-0.1, -0.05) is 0 Å². The van der Waals surface area contributed by atoms with Crippen LogP contribution in [-0.2, 0) is 13.1 Å². The van der Waals surface area contributed by atoms with E-state index in [0.717, 1.165) is 34.0 Å². The number of aromatic amines is 1. The van der Waals surface area contributed by atoms with Crippen LogP contribution < -0.4 is 5.32 Å². The van der Waals surface area contributed by atoms with Gasteiger partial charge in [-0.2, -0.15) is 10.2 Å². The lowest BCUT2D eigenvalue weighted by Gasteiger charge is -2.08. The molecular weight excluding hydrogens is 304 g/mol. The van der Waals surface area contributed by atoms with Crippen LogP contribution in [0, 0.1) is 20.8 Å². The Hall–Kier alpha value is -2.67. The second-order valence-corrected chi connectivity index (χ2v) is 5.77. The van der Waals surface area contributed by atoms with Crippen molar-refractivity contribution < 1.29 is 5.11 Å². The summed E-state index contributed by atoms with van der Waals surface area (Å²) >= 11 is 0. The Morgan fingerprint density at radius 1 is 1.17 bits per heavy atom. The first-order chi connectivity index (χ1) is 11.6. The van der Waals surface area contributed by atoms with Gasteiger partial charge < -0.3 is 10.4 Å². The van der Waals surface area contributed by atoms with E-state index in [1.54, 1.807) is 0 Å². The SMILES string of the molecule is Cc1nc(-c2ccc(NCc3c(C)nn(CCO)c3C)cc2)n[nH]1. The third-order valence-corrected chi connectivity index (χ3v) is 4.05. The summed E-state index contributed by atoms with van der Waals surface area (Å²) in [5.41, 5.74) is 5.24. The molecule has 2 aromatic heterocycles. The highest BCUT2D eigenvalue weighted by molar-refractivity contribution is 5.59. The lowest BCUT2D eigenvalue weighted by molar-refractivity contribution is 0.268. The van der Waals surface area contributed by atoms with Gasteiger partial charge in [-0.15, -0.1) is 0 Å². The minimum atomic E-state index is 0.0942. The molecule has 24 heavy (non-hydrogen) atoms. The fourth-order valence-corrected chi connectivity index (χ4v) is 2.70. The van der Waals surface area contributed by atoms with Gasteiger partial charge in [-0.05, 0) is 45.0 Å². The topological polar surface area (TPSA) is 91.7 Å². The van der Waals surface area contributed by atoms with E-state index in [1.165, 1.54) is 0 Å². The second kappa shape index (κ2) is 6.84. The van der Waals surface area contributed by atoms with Crippen LogP contribution in [-0.4, -0.2) is 36.7 Å². The van der Waals surface area contributed by atoms with Crippen LogP contribution in [0.5, 0.6) is 0 Å². The highest BCUT2D eigenvalue weighted by atomic mass is 16.3. The number of aryl methyl sites for hydroxylation is 2. The van der Waals surface area contributed by atoms with Gasteiger partial charge >= 0.3 is 0 Å². The zero-order valence-electron chi connectivity index (χ0n) is 14.2. The molecule has 0 saturated heterocycles. The van der Waals surface area contributed by atoms with E-state index < -0.39 is 0 Å². The van der Waals surface area contributed by atoms with E-state index in [9.17, 15) is 0 Å². The zero-order chi connectivity index (χ0) is 17.1. The maximum absolute atomic E-state index is 9.08. The number of benzene rings is 1. The van der Waals surface area contributed by atoms with Gasteiger partial charge in [0.15, 0.2) is 5.82 Å². The van der Waals surface area contributed by atoms with Crippen LogP contribution in [0.25, 0.3) is 11.4 Å². The third-order valence-electron chi connectivity index (χ3n) is 4.05. The summed E-state index contributed by atoms with van der Waals surface area (Å²) < 4.78 is 1.85. The third kappa shape index (κ3) is 3.30. The Bertz CT molecular complexity index is 818. The number of nitrogens with zero attached hydrogens (tertiary/aromatic N) is 4. The molecule has 0 bridgehead atoms. The highest BCUT2D eigenvalue weighted by Crippen LogP contribution is 2.20. The molecule has 0 amide bonds. The molecule has 7 heteroatoms. The van der Waals surface area contributed by atoms with Crippen LogP contribution in [0.1, 0.15) is 22.8 Å². The summed E-state index contributed by atoms with van der Waals surface area (Å²) in [6.07, 6.45) is 0. The number of rotatable bonds is 6. The molecule has 0 unspecified atom stereocenters. The van der Waals surface area contributed by atoms with E-state index in [0.29, 0.717) is 18.9 Å². The Labute approximate surface area is 140 Å². The lowest BCUT2D eigenvalue weighted by atomic mass is 10.1. The summed E-state index contributed by atoms with van der Waals surface area (Å²) in [6, 6.07) is 8.04. The fourth-order valence-electron chi connectivity index (χ4n) is 2.70. The zero-order valence-corrected chi connectivity index (χ0v) is 14.2. The summed E-state index contributed by atoms with van der Waals surface area (Å²) in [5.74, 6) is 1.51. The van der Waals surface area contributed by atoms with E-state index in [4.69, 9.17) is 5.11 Å². The molecule has 0 aliphatic carbocycles. The van der Waals surface area contributed by atoms with Gasteiger partial charge in [0.05, 0.1) is 18.8 Å². The van der Waals surface area contributed by atoms with E-state index in [2.05, 4.69) is 25.6 Å². The molecule has 3 N–H and O–H groups in total. The molecule has 1 aromatic carbocycles. The molecule has 3 rings (SSSR count). The van der Waals surface area contributed by atoms with Crippen molar-refractivity contribution in [3.05, 3.63) is 47.0 Å². The smallest absolute Gasteiger partial charge is 0.181 e. The average Bonchev–Trinajstić information content (AvgIpc) is 3.11. The van der Waals surface area contributed by atoms with Gasteiger partial charge in [0.25, 0.3) is 0 Å². The molecule has 2 heterocycles. The molecule has 0 fully saturated rings. The minimum Gasteiger partial charge on any atom is -0.394 e. The van der Waals surface area contributed by atoms with Crippen LogP contribution >= 0.6 is 0 Å². The van der Waals surface area contributed by atoms with Crippen molar-refractivity contribution >= 4 is 5.69 Å². The average molecular weight is 326 g/mol. The number of aliphatic hydroxyl groups is 1. The summed E-state index contributed by atoms with van der Waals surface area (Å²) in [4.78, 5) is 4.33. The Balaban J connectivity index is 1.69. The van der Waals surface area contributed by atoms with Crippen molar-refractivity contribution in [2.75, 3.05) is 11.9 Å². The van der Waals surface area contributed by atoms with Gasteiger partial charge in [0, 0.05) is 29.1 Å². The van der Waals surface area contributed by atoms with Crippen molar-refractivity contribution in [2.24, 2.45) is 0 Å². The van der Waals surface area contributed by atoms with Gasteiger partial charge in [0.1, 0.15) is 5.82 Å². The number of nitrogens with one attached hydrogen (secondary N) is 2. The first kappa shape index (κ1) is 16.2. The lowest BCUT2D eigenvalue weighted by Crippen LogP contribution is -2.07. The number of hydrogen-bond donors (Lipinski definition) is 3. The molecule has 0 saturated carbocycles. The van der Waals surface area contributed by atoms with Crippen molar-refractivity contribution in [3.63, 3.8) is 0 Å². The van der Waals surface area contributed by atoms with Gasteiger partial charge in [-0.25, -0.2) is 4.98 Å². The first-order valence-electron chi connectivity index (χ1n) is 7.95. The van der Waals surface area contributed by atoms with E-state index in [-0.39, 0.29) is 6.61 Å². The quantitative estimate of drug-likeness (QED) is 0.646. The monoisotopic (exact) mass is 326 g/mol. The Kier molecular flexibility index (Phi) is 4.61. The molecule has 3 aromatic rings. The van der Waals surface area contributed by atoms with Gasteiger partial charge in [-0.3, -0.25) is 9.78 Å². The maximum Gasteiger partial charge on any atom is 0.181 e. The second-order valence-electron chi connectivity index (χ2n) is 5.77. The summed E-state index contributed by atoms with van der Waals surface area (Å²) in [6.45, 7) is 7.22. The van der Waals surface area contributed by atoms with Gasteiger partial charge in [0.2, 0.25) is 0 Å². The molecule has 0 aliphatic rings. The van der Waals surface area contributed by atoms with Crippen molar-refractivity contribution in [2.45, 2.75) is 33.9 Å². The molecule has 0 radical (unpaired) electrons.